The van der Waals surface area contributed by atoms with Gasteiger partial charge < -0.3 is 19.4 Å². The van der Waals surface area contributed by atoms with Gasteiger partial charge in [0.2, 0.25) is 5.89 Å². The summed E-state index contributed by atoms with van der Waals surface area (Å²) in [7, 11) is 1.58. The maximum Gasteiger partial charge on any atom is 0.318 e. The molecule has 1 unspecified atom stereocenters. The number of carbonyl (C=O) groups is 1. The summed E-state index contributed by atoms with van der Waals surface area (Å²) in [4.78, 5) is 15.0. The van der Waals surface area contributed by atoms with Gasteiger partial charge in [-0.1, -0.05) is 41.5 Å². The fourth-order valence-electron chi connectivity index (χ4n) is 3.31. The highest BCUT2D eigenvalue weighted by molar-refractivity contribution is 7.99. The van der Waals surface area contributed by atoms with Crippen molar-refractivity contribution in [2.24, 2.45) is 0 Å². The summed E-state index contributed by atoms with van der Waals surface area (Å²) in [5.41, 5.74) is 1.59. The van der Waals surface area contributed by atoms with E-state index in [2.05, 4.69) is 20.4 Å². The van der Waals surface area contributed by atoms with Crippen molar-refractivity contribution < 1.29 is 13.9 Å². The van der Waals surface area contributed by atoms with Crippen molar-refractivity contribution in [1.82, 2.24) is 15.5 Å². The molecule has 0 radical (unpaired) electrons. The molecule has 1 atom stereocenters. The van der Waals surface area contributed by atoms with Gasteiger partial charge in [0.05, 0.1) is 7.11 Å². The van der Waals surface area contributed by atoms with Gasteiger partial charge in [-0.3, -0.25) is 4.79 Å². The second kappa shape index (κ2) is 9.67. The fraction of sp³-hybridized carbons (Fsp3) is 0.318. The third-order valence-corrected chi connectivity index (χ3v) is 5.87. The first-order chi connectivity index (χ1) is 14.7. The zero-order valence-corrected chi connectivity index (χ0v) is 17.6. The van der Waals surface area contributed by atoms with Gasteiger partial charge >= 0.3 is 6.01 Å². The number of nitrogens with one attached hydrogen (secondary N) is 1. The first-order valence-electron chi connectivity index (χ1n) is 9.88. The van der Waals surface area contributed by atoms with Crippen molar-refractivity contribution in [3.8, 4) is 5.75 Å². The Hall–Kier alpha value is -3.00. The number of ether oxygens (including phenoxy) is 1. The van der Waals surface area contributed by atoms with Gasteiger partial charge in [-0.25, -0.2) is 0 Å². The van der Waals surface area contributed by atoms with Crippen LogP contribution in [0.3, 0.4) is 0 Å². The Balaban J connectivity index is 1.56. The van der Waals surface area contributed by atoms with Crippen LogP contribution in [0.1, 0.15) is 27.9 Å². The van der Waals surface area contributed by atoms with Gasteiger partial charge in [0.25, 0.3) is 5.91 Å². The molecule has 8 heteroatoms. The minimum Gasteiger partial charge on any atom is -0.497 e. The molecular weight excluding hydrogens is 400 g/mol. The van der Waals surface area contributed by atoms with Crippen LogP contribution in [-0.2, 0) is 6.42 Å². The van der Waals surface area contributed by atoms with Crippen molar-refractivity contribution in [2.75, 3.05) is 36.6 Å². The minimum absolute atomic E-state index is 0.219. The molecule has 1 saturated heterocycles. The van der Waals surface area contributed by atoms with Crippen LogP contribution in [0, 0.1) is 0 Å². The third-order valence-electron chi connectivity index (χ3n) is 4.93. The van der Waals surface area contributed by atoms with Gasteiger partial charge in [-0.2, -0.15) is 11.8 Å². The van der Waals surface area contributed by atoms with Crippen molar-refractivity contribution in [3.63, 3.8) is 0 Å². The first kappa shape index (κ1) is 20.3. The molecule has 1 amide bonds. The lowest BCUT2D eigenvalue weighted by Gasteiger charge is -2.24. The Labute approximate surface area is 179 Å². The number of benzene rings is 2. The Kier molecular flexibility index (Phi) is 6.53. The van der Waals surface area contributed by atoms with E-state index in [0.717, 1.165) is 30.2 Å². The summed E-state index contributed by atoms with van der Waals surface area (Å²) in [5.74, 6) is 2.90. The normalized spacial score (nSPS) is 14.9. The van der Waals surface area contributed by atoms with Gasteiger partial charge in [-0.15, -0.1) is 5.10 Å². The first-order valence-corrected chi connectivity index (χ1v) is 11.0. The SMILES string of the molecule is COc1cccc(C(=O)NC(Cc2ccccc2)c2nnc(N3CCSCC3)o2)c1. The molecule has 30 heavy (non-hydrogen) atoms. The largest absolute Gasteiger partial charge is 0.497 e. The minimum atomic E-state index is -0.438. The van der Waals surface area contributed by atoms with Gasteiger partial charge in [0.15, 0.2) is 0 Å². The van der Waals surface area contributed by atoms with E-state index in [1.165, 1.54) is 0 Å². The highest BCUT2D eigenvalue weighted by atomic mass is 32.2. The smallest absolute Gasteiger partial charge is 0.318 e. The zero-order valence-electron chi connectivity index (χ0n) is 16.8. The second-order valence-corrected chi connectivity index (χ2v) is 8.19. The number of anilines is 1. The molecule has 1 fully saturated rings. The topological polar surface area (TPSA) is 80.5 Å². The van der Waals surface area contributed by atoms with E-state index in [9.17, 15) is 4.79 Å². The number of nitrogens with zero attached hydrogens (tertiary/aromatic N) is 3. The molecule has 2 heterocycles. The van der Waals surface area contributed by atoms with E-state index < -0.39 is 6.04 Å². The standard InChI is InChI=1S/C22H24N4O3S/c1-28-18-9-5-8-17(15-18)20(27)23-19(14-16-6-3-2-4-7-16)21-24-25-22(29-21)26-10-12-30-13-11-26/h2-9,15,19H,10-14H2,1H3,(H,23,27). The fourth-order valence-corrected chi connectivity index (χ4v) is 4.21. The molecule has 1 aliphatic rings. The van der Waals surface area contributed by atoms with Gasteiger partial charge in [-0.05, 0) is 23.8 Å². The molecule has 0 saturated carbocycles. The molecule has 7 nitrogen and oxygen atoms in total. The second-order valence-electron chi connectivity index (χ2n) is 6.97. The quantitative estimate of drug-likeness (QED) is 0.623. The molecule has 4 rings (SSSR count). The number of carbonyl (C=O) groups excluding carboxylic acids is 1. The number of hydrogen-bond acceptors (Lipinski definition) is 7. The van der Waals surface area contributed by atoms with E-state index in [-0.39, 0.29) is 5.91 Å². The molecule has 3 aromatic rings. The van der Waals surface area contributed by atoms with E-state index in [4.69, 9.17) is 9.15 Å². The molecule has 2 aromatic carbocycles. The molecule has 1 aliphatic heterocycles. The summed E-state index contributed by atoms with van der Waals surface area (Å²) in [6.45, 7) is 1.76. The van der Waals surface area contributed by atoms with Crippen molar-refractivity contribution in [2.45, 2.75) is 12.5 Å². The molecule has 0 spiro atoms. The average molecular weight is 425 g/mol. The highest BCUT2D eigenvalue weighted by Gasteiger charge is 2.25. The van der Waals surface area contributed by atoms with E-state index >= 15 is 0 Å². The number of aromatic nitrogens is 2. The molecule has 0 bridgehead atoms. The predicted octanol–water partition coefficient (Wildman–Crippen LogP) is 3.35. The van der Waals surface area contributed by atoms with Crippen LogP contribution in [0.5, 0.6) is 5.75 Å². The Morgan fingerprint density at radius 2 is 1.97 bits per heavy atom. The zero-order chi connectivity index (χ0) is 20.8. The maximum absolute atomic E-state index is 12.9. The summed E-state index contributed by atoms with van der Waals surface area (Å²) in [6.07, 6.45) is 0.550. The van der Waals surface area contributed by atoms with Crippen LogP contribution < -0.4 is 15.0 Å². The Morgan fingerprint density at radius 3 is 2.73 bits per heavy atom. The van der Waals surface area contributed by atoms with E-state index in [1.807, 2.05) is 42.1 Å². The summed E-state index contributed by atoms with van der Waals surface area (Å²) in [5, 5.41) is 11.6. The third kappa shape index (κ3) is 4.94. The number of amides is 1. The van der Waals surface area contributed by atoms with Crippen LogP contribution in [0.15, 0.2) is 59.0 Å². The van der Waals surface area contributed by atoms with Crippen molar-refractivity contribution in [1.29, 1.82) is 0 Å². The van der Waals surface area contributed by atoms with E-state index in [1.54, 1.807) is 31.4 Å². The molecular formula is C22H24N4O3S. The Bertz CT molecular complexity index is 973. The molecule has 1 N–H and O–H groups in total. The van der Waals surface area contributed by atoms with Gasteiger partial charge in [0.1, 0.15) is 11.8 Å². The van der Waals surface area contributed by atoms with Crippen LogP contribution in [-0.4, -0.2) is 47.8 Å². The monoisotopic (exact) mass is 424 g/mol. The number of hydrogen-bond donors (Lipinski definition) is 1. The van der Waals surface area contributed by atoms with Crippen LogP contribution >= 0.6 is 11.8 Å². The summed E-state index contributed by atoms with van der Waals surface area (Å²) >= 11 is 1.92. The lowest BCUT2D eigenvalue weighted by molar-refractivity contribution is 0.0929. The van der Waals surface area contributed by atoms with Crippen LogP contribution in [0.2, 0.25) is 0 Å². The lowest BCUT2D eigenvalue weighted by Crippen LogP contribution is -2.32. The molecule has 1 aromatic heterocycles. The predicted molar refractivity (Wildman–Crippen MR) is 117 cm³/mol. The number of rotatable bonds is 7. The van der Waals surface area contributed by atoms with E-state index in [0.29, 0.717) is 29.6 Å². The Morgan fingerprint density at radius 1 is 1.17 bits per heavy atom. The van der Waals surface area contributed by atoms with Crippen molar-refractivity contribution in [3.05, 3.63) is 71.6 Å². The van der Waals surface area contributed by atoms with Crippen LogP contribution in [0.4, 0.5) is 6.01 Å². The van der Waals surface area contributed by atoms with Crippen LogP contribution in [0.25, 0.3) is 0 Å². The number of thioether (sulfide) groups is 1. The molecule has 0 aliphatic carbocycles. The van der Waals surface area contributed by atoms with Gasteiger partial charge in [0, 0.05) is 36.6 Å². The lowest BCUT2D eigenvalue weighted by atomic mass is 10.1. The molecule has 156 valence electrons. The summed E-state index contributed by atoms with van der Waals surface area (Å²) in [6, 6.07) is 17.1. The number of methoxy groups -OCH3 is 1. The average Bonchev–Trinajstić information content (AvgIpc) is 3.30. The highest BCUT2D eigenvalue weighted by Crippen LogP contribution is 2.24. The summed E-state index contributed by atoms with van der Waals surface area (Å²) < 4.78 is 11.2. The maximum atomic E-state index is 12.9. The van der Waals surface area contributed by atoms with Crippen molar-refractivity contribution >= 4 is 23.7 Å².